The fourth-order valence-electron chi connectivity index (χ4n) is 0.148. The summed E-state index contributed by atoms with van der Waals surface area (Å²) >= 11 is 3.05. The van der Waals surface area contributed by atoms with E-state index < -0.39 is 0 Å². The van der Waals surface area contributed by atoms with Crippen molar-refractivity contribution in [2.24, 2.45) is 0 Å². The normalized spacial score (nSPS) is 10.7. The first kappa shape index (κ1) is 11.5. The standard InChI is InChI=1S/C5H7BrO.C2H6/c1-3-5(6)4(2)7;1-2/h3,7H,1H2,2H3;1-2H3/b5-4-;. The minimum Gasteiger partial charge on any atom is -0.511 e. The predicted molar refractivity (Wildman–Crippen MR) is 45.8 cm³/mol. The molecule has 0 amide bonds. The van der Waals surface area contributed by atoms with Gasteiger partial charge in [-0.2, -0.15) is 0 Å². The summed E-state index contributed by atoms with van der Waals surface area (Å²) in [7, 11) is 0. The highest BCUT2D eigenvalue weighted by Crippen LogP contribution is 2.08. The van der Waals surface area contributed by atoms with Gasteiger partial charge in [-0.05, 0) is 22.9 Å². The topological polar surface area (TPSA) is 20.2 Å². The Morgan fingerprint density at radius 1 is 1.56 bits per heavy atom. The number of hydrogen-bond donors (Lipinski definition) is 1. The van der Waals surface area contributed by atoms with E-state index in [0.29, 0.717) is 4.48 Å². The Balaban J connectivity index is 0. The van der Waals surface area contributed by atoms with Crippen LogP contribution in [-0.4, -0.2) is 5.11 Å². The van der Waals surface area contributed by atoms with E-state index in [2.05, 4.69) is 22.5 Å². The third-order valence-electron chi connectivity index (χ3n) is 0.525. The van der Waals surface area contributed by atoms with Crippen LogP contribution in [0.2, 0.25) is 0 Å². The monoisotopic (exact) mass is 192 g/mol. The third kappa shape index (κ3) is 7.76. The van der Waals surface area contributed by atoms with Crippen molar-refractivity contribution in [3.8, 4) is 0 Å². The summed E-state index contributed by atoms with van der Waals surface area (Å²) in [5.74, 6) is 0.259. The quantitative estimate of drug-likeness (QED) is 0.499. The summed E-state index contributed by atoms with van der Waals surface area (Å²) < 4.78 is 0.646. The van der Waals surface area contributed by atoms with Crippen molar-refractivity contribution in [3.05, 3.63) is 22.9 Å². The Labute approximate surface area is 65.2 Å². The maximum Gasteiger partial charge on any atom is 0.103 e. The zero-order valence-corrected chi connectivity index (χ0v) is 7.70. The lowest BCUT2D eigenvalue weighted by Gasteiger charge is -1.87. The third-order valence-corrected chi connectivity index (χ3v) is 1.42. The van der Waals surface area contributed by atoms with E-state index in [1.165, 1.54) is 6.08 Å². The number of halogens is 1. The fraction of sp³-hybridized carbons (Fsp3) is 0.429. The van der Waals surface area contributed by atoms with E-state index in [1.807, 2.05) is 13.8 Å². The molecule has 0 rings (SSSR count). The molecule has 0 aromatic heterocycles. The molecule has 0 heterocycles. The van der Waals surface area contributed by atoms with Crippen molar-refractivity contribution < 1.29 is 5.11 Å². The summed E-state index contributed by atoms with van der Waals surface area (Å²) in [5, 5.41) is 8.58. The Morgan fingerprint density at radius 2 is 1.89 bits per heavy atom. The van der Waals surface area contributed by atoms with Gasteiger partial charge >= 0.3 is 0 Å². The second kappa shape index (κ2) is 7.76. The second-order valence-corrected chi connectivity index (χ2v) is 1.99. The predicted octanol–water partition coefficient (Wildman–Crippen LogP) is 3.38. The van der Waals surface area contributed by atoms with Crippen LogP contribution in [0, 0.1) is 0 Å². The highest BCUT2D eigenvalue weighted by atomic mass is 79.9. The fourth-order valence-corrected chi connectivity index (χ4v) is 0.148. The molecule has 0 aromatic rings. The van der Waals surface area contributed by atoms with Gasteiger partial charge in [0.1, 0.15) is 5.76 Å². The van der Waals surface area contributed by atoms with Gasteiger partial charge in [0.2, 0.25) is 0 Å². The largest absolute Gasteiger partial charge is 0.511 e. The molecule has 9 heavy (non-hydrogen) atoms. The van der Waals surface area contributed by atoms with E-state index in [-0.39, 0.29) is 5.76 Å². The van der Waals surface area contributed by atoms with Crippen LogP contribution in [0.5, 0.6) is 0 Å². The van der Waals surface area contributed by atoms with Gasteiger partial charge in [0.05, 0.1) is 4.48 Å². The van der Waals surface area contributed by atoms with Crippen LogP contribution >= 0.6 is 15.9 Å². The first-order chi connectivity index (χ1) is 4.18. The van der Waals surface area contributed by atoms with Gasteiger partial charge in [-0.25, -0.2) is 0 Å². The Bertz CT molecular complexity index is 101. The summed E-state index contributed by atoms with van der Waals surface area (Å²) in [6.07, 6.45) is 1.54. The molecule has 0 aliphatic heterocycles. The van der Waals surface area contributed by atoms with Gasteiger partial charge in [0, 0.05) is 0 Å². The van der Waals surface area contributed by atoms with Crippen LogP contribution in [0.15, 0.2) is 22.9 Å². The zero-order chi connectivity index (χ0) is 7.86. The maximum absolute atomic E-state index is 8.58. The number of hydrogen-bond acceptors (Lipinski definition) is 1. The second-order valence-electron chi connectivity index (χ2n) is 1.14. The molecule has 1 N–H and O–H groups in total. The molecule has 0 atom stereocenters. The molecule has 0 radical (unpaired) electrons. The summed E-state index contributed by atoms with van der Waals surface area (Å²) in [6, 6.07) is 0. The van der Waals surface area contributed by atoms with Crippen molar-refractivity contribution in [2.75, 3.05) is 0 Å². The Morgan fingerprint density at radius 3 is 1.89 bits per heavy atom. The SMILES string of the molecule is C=C/C(Br)=C(\C)O.CC. The van der Waals surface area contributed by atoms with Gasteiger partial charge in [-0.3, -0.25) is 0 Å². The van der Waals surface area contributed by atoms with E-state index in [1.54, 1.807) is 6.92 Å². The van der Waals surface area contributed by atoms with E-state index >= 15 is 0 Å². The molecule has 0 fully saturated rings. The Kier molecular flexibility index (Phi) is 9.95. The Hall–Kier alpha value is -0.240. The maximum atomic E-state index is 8.58. The molecule has 0 aliphatic carbocycles. The summed E-state index contributed by atoms with van der Waals surface area (Å²) in [6.45, 7) is 9.01. The van der Waals surface area contributed by atoms with E-state index in [0.717, 1.165) is 0 Å². The van der Waals surface area contributed by atoms with Gasteiger partial charge in [-0.15, -0.1) is 0 Å². The molecular formula is C7H13BrO. The molecule has 0 aromatic carbocycles. The lowest BCUT2D eigenvalue weighted by atomic mass is 10.5. The van der Waals surface area contributed by atoms with Gasteiger partial charge in [0.15, 0.2) is 0 Å². The highest BCUT2D eigenvalue weighted by molar-refractivity contribution is 9.11. The van der Waals surface area contributed by atoms with Crippen LogP contribution < -0.4 is 0 Å². The average molecular weight is 193 g/mol. The zero-order valence-electron chi connectivity index (χ0n) is 6.11. The minimum absolute atomic E-state index is 0.259. The number of aliphatic hydroxyl groups is 1. The molecule has 0 aliphatic rings. The van der Waals surface area contributed by atoms with Gasteiger partial charge < -0.3 is 5.11 Å². The molecule has 1 nitrogen and oxygen atoms in total. The molecule has 0 saturated heterocycles. The van der Waals surface area contributed by atoms with Gasteiger partial charge in [0.25, 0.3) is 0 Å². The highest BCUT2D eigenvalue weighted by Gasteiger charge is 1.84. The average Bonchev–Trinajstić information content (AvgIpc) is 1.91. The summed E-state index contributed by atoms with van der Waals surface area (Å²) in [4.78, 5) is 0. The first-order valence-corrected chi connectivity index (χ1v) is 3.65. The lowest BCUT2D eigenvalue weighted by Crippen LogP contribution is -1.70. The van der Waals surface area contributed by atoms with Crippen LogP contribution in [0.25, 0.3) is 0 Å². The summed E-state index contributed by atoms with van der Waals surface area (Å²) in [5.41, 5.74) is 0. The van der Waals surface area contributed by atoms with E-state index in [9.17, 15) is 0 Å². The molecule has 0 unspecified atom stereocenters. The molecule has 0 bridgehead atoms. The van der Waals surface area contributed by atoms with E-state index in [4.69, 9.17) is 5.11 Å². The van der Waals surface area contributed by atoms with Crippen LogP contribution in [0.1, 0.15) is 20.8 Å². The molecule has 0 saturated carbocycles. The van der Waals surface area contributed by atoms with Crippen molar-refractivity contribution in [1.82, 2.24) is 0 Å². The molecule has 54 valence electrons. The first-order valence-electron chi connectivity index (χ1n) is 2.86. The van der Waals surface area contributed by atoms with Crippen molar-refractivity contribution in [3.63, 3.8) is 0 Å². The van der Waals surface area contributed by atoms with Crippen molar-refractivity contribution in [1.29, 1.82) is 0 Å². The molecular weight excluding hydrogens is 180 g/mol. The number of rotatable bonds is 1. The number of allylic oxidation sites excluding steroid dienone is 3. The number of aliphatic hydroxyl groups excluding tert-OH is 1. The molecule has 2 heteroatoms. The lowest BCUT2D eigenvalue weighted by molar-refractivity contribution is 0.413. The minimum atomic E-state index is 0.259. The van der Waals surface area contributed by atoms with Crippen molar-refractivity contribution in [2.45, 2.75) is 20.8 Å². The molecule has 0 spiro atoms. The van der Waals surface area contributed by atoms with Crippen LogP contribution in [-0.2, 0) is 0 Å². The van der Waals surface area contributed by atoms with Crippen LogP contribution in [0.3, 0.4) is 0 Å². The van der Waals surface area contributed by atoms with Crippen LogP contribution in [0.4, 0.5) is 0 Å². The smallest absolute Gasteiger partial charge is 0.103 e. The van der Waals surface area contributed by atoms with Gasteiger partial charge in [-0.1, -0.05) is 26.5 Å². The van der Waals surface area contributed by atoms with Crippen molar-refractivity contribution >= 4 is 15.9 Å².